The molecule has 0 unspecified atom stereocenters. The minimum Gasteiger partial charge on any atom is -0.371 e. The van der Waals surface area contributed by atoms with Crippen molar-refractivity contribution in [2.45, 2.75) is 25.7 Å². The molecule has 1 saturated heterocycles. The summed E-state index contributed by atoms with van der Waals surface area (Å²) in [6, 6.07) is 15.7. The first-order valence-corrected chi connectivity index (χ1v) is 7.38. The van der Waals surface area contributed by atoms with E-state index in [0.717, 1.165) is 6.42 Å². The summed E-state index contributed by atoms with van der Waals surface area (Å²) in [5.41, 5.74) is 7.41. The Kier molecular flexibility index (Phi) is 2.58. The molecule has 96 valence electrons. The van der Waals surface area contributed by atoms with Crippen LogP contribution in [0.1, 0.15) is 30.4 Å². The molecule has 0 atom stereocenters. The summed E-state index contributed by atoms with van der Waals surface area (Å²) in [6.07, 6.45) is 5.19. The molecule has 2 aliphatic rings. The van der Waals surface area contributed by atoms with Crippen LogP contribution >= 0.6 is 0 Å². The zero-order valence-corrected chi connectivity index (χ0v) is 11.2. The summed E-state index contributed by atoms with van der Waals surface area (Å²) < 4.78 is 0. The summed E-state index contributed by atoms with van der Waals surface area (Å²) in [4.78, 5) is 2.59. The van der Waals surface area contributed by atoms with Gasteiger partial charge in [-0.25, -0.2) is 0 Å². The van der Waals surface area contributed by atoms with Crippen LogP contribution < -0.4 is 4.90 Å². The van der Waals surface area contributed by atoms with E-state index in [-0.39, 0.29) is 0 Å². The van der Waals surface area contributed by atoms with E-state index in [1.807, 2.05) is 0 Å². The predicted molar refractivity (Wildman–Crippen MR) is 80.7 cm³/mol. The van der Waals surface area contributed by atoms with Crippen LogP contribution in [0.3, 0.4) is 0 Å². The molecule has 0 N–H and O–H groups in total. The molecular weight excluding hydrogens is 230 g/mol. The second-order valence-electron chi connectivity index (χ2n) is 5.68. The lowest BCUT2D eigenvalue weighted by Crippen LogP contribution is -2.30. The van der Waals surface area contributed by atoms with Gasteiger partial charge in [0.15, 0.2) is 0 Å². The Morgan fingerprint density at radius 2 is 1.53 bits per heavy atom. The van der Waals surface area contributed by atoms with Gasteiger partial charge in [0.05, 0.1) is 0 Å². The molecule has 19 heavy (non-hydrogen) atoms. The van der Waals surface area contributed by atoms with E-state index in [1.54, 1.807) is 5.56 Å². The van der Waals surface area contributed by atoms with Gasteiger partial charge in [-0.3, -0.25) is 0 Å². The van der Waals surface area contributed by atoms with Gasteiger partial charge in [-0.15, -0.1) is 0 Å². The summed E-state index contributed by atoms with van der Waals surface area (Å²) in [6.45, 7) is 2.46. The molecule has 1 nitrogen and oxygen atoms in total. The Bertz CT molecular complexity index is 609. The van der Waals surface area contributed by atoms with Crippen LogP contribution in [-0.4, -0.2) is 13.1 Å². The van der Waals surface area contributed by atoms with Crippen molar-refractivity contribution in [1.82, 2.24) is 0 Å². The number of rotatable bonds is 1. The van der Waals surface area contributed by atoms with Crippen molar-refractivity contribution in [3.8, 4) is 11.1 Å². The van der Waals surface area contributed by atoms with Crippen LogP contribution in [0.2, 0.25) is 0 Å². The van der Waals surface area contributed by atoms with Gasteiger partial charge in [-0.2, -0.15) is 0 Å². The lowest BCUT2D eigenvalue weighted by Gasteiger charge is -2.30. The van der Waals surface area contributed by atoms with E-state index >= 15 is 0 Å². The van der Waals surface area contributed by atoms with Crippen molar-refractivity contribution in [3.05, 3.63) is 53.6 Å². The van der Waals surface area contributed by atoms with Gasteiger partial charge in [0.1, 0.15) is 0 Å². The van der Waals surface area contributed by atoms with Gasteiger partial charge in [0, 0.05) is 25.2 Å². The minimum absolute atomic E-state index is 1.11. The first kappa shape index (κ1) is 11.1. The largest absolute Gasteiger partial charge is 0.371 e. The molecule has 1 heteroatoms. The van der Waals surface area contributed by atoms with E-state index < -0.39 is 0 Å². The summed E-state index contributed by atoms with van der Waals surface area (Å²) >= 11 is 0. The lowest BCUT2D eigenvalue weighted by molar-refractivity contribution is 0.577. The maximum Gasteiger partial charge on any atom is 0.0408 e. The number of benzene rings is 2. The fourth-order valence-corrected chi connectivity index (χ4v) is 3.57. The highest BCUT2D eigenvalue weighted by atomic mass is 15.1. The molecule has 0 aromatic heterocycles. The molecule has 1 fully saturated rings. The maximum atomic E-state index is 2.59. The normalized spacial score (nSPS) is 17.2. The van der Waals surface area contributed by atoms with Crippen LogP contribution in [0.4, 0.5) is 5.69 Å². The van der Waals surface area contributed by atoms with Crippen LogP contribution in [0, 0.1) is 0 Å². The average Bonchev–Trinajstić information content (AvgIpc) is 2.87. The molecule has 0 radical (unpaired) electrons. The second kappa shape index (κ2) is 4.41. The maximum absolute atomic E-state index is 2.59. The van der Waals surface area contributed by atoms with Crippen LogP contribution in [0.25, 0.3) is 11.1 Å². The van der Waals surface area contributed by atoms with Crippen molar-refractivity contribution in [1.29, 1.82) is 0 Å². The molecule has 1 aliphatic carbocycles. The van der Waals surface area contributed by atoms with Gasteiger partial charge in [-0.05, 0) is 47.6 Å². The fourth-order valence-electron chi connectivity index (χ4n) is 3.57. The number of hydrogen-bond donors (Lipinski definition) is 0. The molecular formula is C18H19N. The Balaban J connectivity index is 1.80. The Morgan fingerprint density at radius 3 is 2.42 bits per heavy atom. The van der Waals surface area contributed by atoms with Gasteiger partial charge in [0.2, 0.25) is 0 Å². The van der Waals surface area contributed by atoms with Crippen molar-refractivity contribution in [2.75, 3.05) is 18.0 Å². The SMILES string of the molecule is c1ccc2c(c1)Cc1c-2cccc1N1CCCCC1. The third-order valence-corrected chi connectivity index (χ3v) is 4.52. The lowest BCUT2D eigenvalue weighted by atomic mass is 10.0. The first-order valence-electron chi connectivity index (χ1n) is 7.38. The molecule has 2 aromatic rings. The summed E-state index contributed by atoms with van der Waals surface area (Å²) in [5.74, 6) is 0. The molecule has 2 aromatic carbocycles. The van der Waals surface area contributed by atoms with E-state index in [1.165, 1.54) is 54.7 Å². The second-order valence-corrected chi connectivity index (χ2v) is 5.68. The molecule has 4 rings (SSSR count). The van der Waals surface area contributed by atoms with Gasteiger partial charge >= 0.3 is 0 Å². The van der Waals surface area contributed by atoms with E-state index in [9.17, 15) is 0 Å². The van der Waals surface area contributed by atoms with E-state index in [0.29, 0.717) is 0 Å². The fraction of sp³-hybridized carbons (Fsp3) is 0.333. The van der Waals surface area contributed by atoms with Crippen LogP contribution in [-0.2, 0) is 6.42 Å². The molecule has 0 saturated carbocycles. The summed E-state index contributed by atoms with van der Waals surface area (Å²) in [7, 11) is 0. The third kappa shape index (κ3) is 1.76. The van der Waals surface area contributed by atoms with Gasteiger partial charge < -0.3 is 4.90 Å². The monoisotopic (exact) mass is 249 g/mol. The molecule has 0 bridgehead atoms. The molecule has 1 aliphatic heterocycles. The van der Waals surface area contributed by atoms with E-state index in [2.05, 4.69) is 47.4 Å². The van der Waals surface area contributed by atoms with Gasteiger partial charge in [0.25, 0.3) is 0 Å². The molecule has 0 spiro atoms. The average molecular weight is 249 g/mol. The highest BCUT2D eigenvalue weighted by molar-refractivity contribution is 5.82. The first-order chi connectivity index (χ1) is 9.43. The minimum atomic E-state index is 1.11. The van der Waals surface area contributed by atoms with Crippen molar-refractivity contribution < 1.29 is 0 Å². The number of anilines is 1. The number of hydrogen-bond acceptors (Lipinski definition) is 1. The van der Waals surface area contributed by atoms with Crippen molar-refractivity contribution >= 4 is 5.69 Å². The number of fused-ring (bicyclic) bond motifs is 3. The van der Waals surface area contributed by atoms with Crippen molar-refractivity contribution in [2.24, 2.45) is 0 Å². The Morgan fingerprint density at radius 1 is 0.737 bits per heavy atom. The van der Waals surface area contributed by atoms with Crippen LogP contribution in [0.5, 0.6) is 0 Å². The quantitative estimate of drug-likeness (QED) is 0.623. The van der Waals surface area contributed by atoms with E-state index in [4.69, 9.17) is 0 Å². The zero-order valence-electron chi connectivity index (χ0n) is 11.2. The zero-order chi connectivity index (χ0) is 12.7. The highest BCUT2D eigenvalue weighted by Gasteiger charge is 2.23. The summed E-state index contributed by atoms with van der Waals surface area (Å²) in [5, 5.41) is 0. The predicted octanol–water partition coefficient (Wildman–Crippen LogP) is 4.25. The van der Waals surface area contributed by atoms with Gasteiger partial charge in [-0.1, -0.05) is 36.4 Å². The standard InChI is InChI=1S/C18H19N/c1-4-11-19(12-5-1)18-10-6-9-16-15-8-3-2-7-14(15)13-17(16)18/h2-3,6-10H,1,4-5,11-13H2. The Hall–Kier alpha value is -1.76. The number of nitrogens with zero attached hydrogens (tertiary/aromatic N) is 1. The highest BCUT2D eigenvalue weighted by Crippen LogP contribution is 2.41. The Labute approximate surface area is 114 Å². The molecule has 1 heterocycles. The number of piperidine rings is 1. The topological polar surface area (TPSA) is 3.24 Å². The smallest absolute Gasteiger partial charge is 0.0408 e. The molecule has 0 amide bonds. The third-order valence-electron chi connectivity index (χ3n) is 4.52. The van der Waals surface area contributed by atoms with Crippen molar-refractivity contribution in [3.63, 3.8) is 0 Å². The van der Waals surface area contributed by atoms with Crippen LogP contribution in [0.15, 0.2) is 42.5 Å².